The lowest BCUT2D eigenvalue weighted by Gasteiger charge is -2.26. The number of rotatable bonds is 7. The molecule has 6 rings (SSSR count). The molecule has 1 amide bonds. The van der Waals surface area contributed by atoms with Gasteiger partial charge in [-0.15, -0.1) is 0 Å². The van der Waals surface area contributed by atoms with Crippen molar-refractivity contribution in [3.8, 4) is 11.1 Å². The summed E-state index contributed by atoms with van der Waals surface area (Å²) in [5, 5.41) is 11.2. The molecule has 3 aromatic heterocycles. The van der Waals surface area contributed by atoms with E-state index >= 15 is 0 Å². The quantitative estimate of drug-likeness (QED) is 0.381. The highest BCUT2D eigenvalue weighted by Gasteiger charge is 2.17. The lowest BCUT2D eigenvalue weighted by molar-refractivity contribution is 0.102. The average Bonchev–Trinajstić information content (AvgIpc) is 3.59. The minimum Gasteiger partial charge on any atom is -0.320 e. The Bertz CT molecular complexity index is 1390. The zero-order chi connectivity index (χ0) is 25.0. The van der Waals surface area contributed by atoms with E-state index in [1.807, 2.05) is 36.7 Å². The van der Waals surface area contributed by atoms with Crippen LogP contribution in [0.4, 0.5) is 5.69 Å². The van der Waals surface area contributed by atoms with E-state index in [-0.39, 0.29) is 5.91 Å². The second-order valence-electron chi connectivity index (χ2n) is 10.2. The molecule has 0 aliphatic carbocycles. The molecular weight excluding hydrogens is 462 g/mol. The molecule has 8 heteroatoms. The van der Waals surface area contributed by atoms with Gasteiger partial charge in [-0.1, -0.05) is 12.5 Å². The van der Waals surface area contributed by atoms with Crippen molar-refractivity contribution in [3.63, 3.8) is 0 Å². The highest BCUT2D eigenvalue weighted by atomic mass is 16.1. The van der Waals surface area contributed by atoms with Crippen molar-refractivity contribution in [1.29, 1.82) is 0 Å². The Balaban J connectivity index is 1.20. The SMILES string of the molecule is O=C(Nc1ccnc(CN2CCCC2)c1)c1n[nH]c2ccc(-c3cncc(CN4CCCCC4)c3)cc12. The molecule has 4 aromatic rings. The van der Waals surface area contributed by atoms with Crippen molar-refractivity contribution in [1.82, 2.24) is 30.0 Å². The van der Waals surface area contributed by atoms with Crippen LogP contribution in [-0.4, -0.2) is 62.1 Å². The van der Waals surface area contributed by atoms with E-state index in [9.17, 15) is 4.79 Å². The molecule has 2 fully saturated rings. The van der Waals surface area contributed by atoms with Crippen molar-refractivity contribution >= 4 is 22.5 Å². The maximum Gasteiger partial charge on any atom is 0.276 e. The van der Waals surface area contributed by atoms with Gasteiger partial charge in [0.15, 0.2) is 5.69 Å². The molecule has 2 aliphatic heterocycles. The number of likely N-dealkylation sites (tertiary alicyclic amines) is 2. The van der Waals surface area contributed by atoms with Gasteiger partial charge in [-0.2, -0.15) is 5.10 Å². The van der Waals surface area contributed by atoms with E-state index < -0.39 is 0 Å². The molecule has 2 aliphatic rings. The van der Waals surface area contributed by atoms with Crippen molar-refractivity contribution in [2.75, 3.05) is 31.5 Å². The summed E-state index contributed by atoms with van der Waals surface area (Å²) in [5.74, 6) is -0.237. The Labute approximate surface area is 217 Å². The molecule has 2 saturated heterocycles. The van der Waals surface area contributed by atoms with Crippen molar-refractivity contribution in [2.45, 2.75) is 45.2 Å². The minimum absolute atomic E-state index is 0.237. The number of hydrogen-bond acceptors (Lipinski definition) is 6. The number of fused-ring (bicyclic) bond motifs is 1. The van der Waals surface area contributed by atoms with Gasteiger partial charge in [0.05, 0.1) is 11.2 Å². The zero-order valence-electron chi connectivity index (χ0n) is 21.1. The van der Waals surface area contributed by atoms with E-state index in [1.54, 1.807) is 6.20 Å². The van der Waals surface area contributed by atoms with Crippen molar-refractivity contribution in [3.05, 3.63) is 71.9 Å². The van der Waals surface area contributed by atoms with Gasteiger partial charge in [-0.25, -0.2) is 0 Å². The van der Waals surface area contributed by atoms with Gasteiger partial charge in [0.25, 0.3) is 5.91 Å². The first-order valence-corrected chi connectivity index (χ1v) is 13.3. The summed E-state index contributed by atoms with van der Waals surface area (Å²) in [4.78, 5) is 27.1. The molecule has 0 saturated carbocycles. The van der Waals surface area contributed by atoms with Crippen LogP contribution in [0.1, 0.15) is 53.8 Å². The van der Waals surface area contributed by atoms with Gasteiger partial charge in [-0.05, 0) is 93.3 Å². The van der Waals surface area contributed by atoms with Crippen LogP contribution < -0.4 is 5.32 Å². The molecule has 1 aromatic carbocycles. The minimum atomic E-state index is -0.237. The highest BCUT2D eigenvalue weighted by Crippen LogP contribution is 2.27. The third-order valence-corrected chi connectivity index (χ3v) is 7.42. The molecule has 37 heavy (non-hydrogen) atoms. The first kappa shape index (κ1) is 23.8. The number of carbonyl (C=O) groups excluding carboxylic acids is 1. The second kappa shape index (κ2) is 10.8. The maximum atomic E-state index is 13.2. The first-order chi connectivity index (χ1) is 18.2. The van der Waals surface area contributed by atoms with E-state index in [4.69, 9.17) is 0 Å². The lowest BCUT2D eigenvalue weighted by Crippen LogP contribution is -2.29. The number of nitrogens with zero attached hydrogens (tertiary/aromatic N) is 5. The molecule has 2 N–H and O–H groups in total. The lowest BCUT2D eigenvalue weighted by atomic mass is 10.0. The number of piperidine rings is 1. The Kier molecular flexibility index (Phi) is 6.92. The predicted molar refractivity (Wildman–Crippen MR) is 145 cm³/mol. The van der Waals surface area contributed by atoms with E-state index in [0.717, 1.165) is 72.7 Å². The number of aromatic nitrogens is 4. The number of aromatic amines is 1. The monoisotopic (exact) mass is 495 g/mol. The predicted octanol–water partition coefficient (Wildman–Crippen LogP) is 4.85. The van der Waals surface area contributed by atoms with Gasteiger partial charge < -0.3 is 5.32 Å². The van der Waals surface area contributed by atoms with Crippen LogP contribution in [0.25, 0.3) is 22.0 Å². The summed E-state index contributed by atoms with van der Waals surface area (Å²) in [6, 6.07) is 12.0. The molecule has 0 radical (unpaired) electrons. The molecule has 0 unspecified atom stereocenters. The smallest absolute Gasteiger partial charge is 0.276 e. The highest BCUT2D eigenvalue weighted by molar-refractivity contribution is 6.11. The first-order valence-electron chi connectivity index (χ1n) is 13.3. The number of benzene rings is 1. The van der Waals surface area contributed by atoms with Crippen LogP contribution in [0.2, 0.25) is 0 Å². The average molecular weight is 496 g/mol. The van der Waals surface area contributed by atoms with Crippen LogP contribution in [0, 0.1) is 0 Å². The van der Waals surface area contributed by atoms with Gasteiger partial charge in [0.1, 0.15) is 0 Å². The van der Waals surface area contributed by atoms with Crippen LogP contribution in [0.3, 0.4) is 0 Å². The normalized spacial score (nSPS) is 16.9. The molecule has 5 heterocycles. The van der Waals surface area contributed by atoms with Crippen LogP contribution >= 0.6 is 0 Å². The third kappa shape index (κ3) is 5.55. The summed E-state index contributed by atoms with van der Waals surface area (Å²) in [6.07, 6.45) is 12.0. The summed E-state index contributed by atoms with van der Waals surface area (Å²) >= 11 is 0. The van der Waals surface area contributed by atoms with E-state index in [2.05, 4.69) is 47.4 Å². The largest absolute Gasteiger partial charge is 0.320 e. The van der Waals surface area contributed by atoms with Crippen molar-refractivity contribution < 1.29 is 4.79 Å². The number of amides is 1. The Morgan fingerprint density at radius 2 is 1.65 bits per heavy atom. The molecule has 0 atom stereocenters. The zero-order valence-corrected chi connectivity index (χ0v) is 21.1. The Hall–Kier alpha value is -3.62. The number of H-pyrrole nitrogens is 1. The van der Waals surface area contributed by atoms with E-state index in [0.29, 0.717) is 5.69 Å². The molecular formula is C29H33N7O. The fourth-order valence-electron chi connectivity index (χ4n) is 5.48. The van der Waals surface area contributed by atoms with Gasteiger partial charge in [0, 0.05) is 48.3 Å². The van der Waals surface area contributed by atoms with E-state index in [1.165, 1.54) is 37.7 Å². The fourth-order valence-corrected chi connectivity index (χ4v) is 5.48. The Morgan fingerprint density at radius 3 is 2.49 bits per heavy atom. The summed E-state index contributed by atoms with van der Waals surface area (Å²) in [7, 11) is 0. The Morgan fingerprint density at radius 1 is 0.865 bits per heavy atom. The molecule has 0 spiro atoms. The number of pyridine rings is 2. The topological polar surface area (TPSA) is 90.0 Å². The standard InChI is InChI=1S/C29H33N7O/c37-29(32-24-8-9-31-25(16-24)20-36-12-4-5-13-36)28-26-15-22(6-7-27(26)33-34-28)23-14-21(17-30-18-23)19-35-10-2-1-3-11-35/h6-9,14-18H,1-5,10-13,19-20H2,(H,33,34)(H,31,32,37). The summed E-state index contributed by atoms with van der Waals surface area (Å²) < 4.78 is 0. The number of nitrogens with one attached hydrogen (secondary N) is 2. The van der Waals surface area contributed by atoms with Gasteiger partial charge >= 0.3 is 0 Å². The molecule has 190 valence electrons. The number of anilines is 1. The maximum absolute atomic E-state index is 13.2. The second-order valence-corrected chi connectivity index (χ2v) is 10.2. The van der Waals surface area contributed by atoms with Crippen molar-refractivity contribution in [2.24, 2.45) is 0 Å². The number of carbonyl (C=O) groups is 1. The van der Waals surface area contributed by atoms with Crippen LogP contribution in [0.5, 0.6) is 0 Å². The fraction of sp³-hybridized carbons (Fsp3) is 0.379. The summed E-state index contributed by atoms with van der Waals surface area (Å²) in [5.41, 5.74) is 6.19. The molecule has 8 nitrogen and oxygen atoms in total. The molecule has 0 bridgehead atoms. The summed E-state index contributed by atoms with van der Waals surface area (Å²) in [6.45, 7) is 6.26. The van der Waals surface area contributed by atoms with Crippen LogP contribution in [-0.2, 0) is 13.1 Å². The number of hydrogen-bond donors (Lipinski definition) is 2. The van der Waals surface area contributed by atoms with Gasteiger partial charge in [0.2, 0.25) is 0 Å². The van der Waals surface area contributed by atoms with Crippen LogP contribution in [0.15, 0.2) is 55.0 Å². The van der Waals surface area contributed by atoms with Gasteiger partial charge in [-0.3, -0.25) is 29.7 Å². The third-order valence-electron chi connectivity index (χ3n) is 7.42.